The van der Waals surface area contributed by atoms with E-state index in [1.54, 1.807) is 30.3 Å². The van der Waals surface area contributed by atoms with Crippen molar-refractivity contribution in [1.29, 1.82) is 0 Å². The van der Waals surface area contributed by atoms with Gasteiger partial charge in [0.05, 0.1) is 11.4 Å². The molecular formula is C20H19N3O2S. The van der Waals surface area contributed by atoms with Crippen LogP contribution in [-0.4, -0.2) is 10.6 Å². The molecule has 1 atom stereocenters. The van der Waals surface area contributed by atoms with E-state index in [0.29, 0.717) is 27.7 Å². The van der Waals surface area contributed by atoms with Crippen LogP contribution in [0.2, 0.25) is 0 Å². The lowest BCUT2D eigenvalue weighted by atomic mass is 10.2. The van der Waals surface area contributed by atoms with E-state index < -0.39 is 11.2 Å². The number of rotatable bonds is 5. The van der Waals surface area contributed by atoms with Crippen molar-refractivity contribution in [3.63, 3.8) is 0 Å². The minimum atomic E-state index is -1.34. The van der Waals surface area contributed by atoms with Crippen LogP contribution in [0.15, 0.2) is 88.7 Å². The van der Waals surface area contributed by atoms with E-state index in [9.17, 15) is 9.35 Å². The molecule has 0 fully saturated rings. The zero-order valence-electron chi connectivity index (χ0n) is 14.0. The fourth-order valence-corrected chi connectivity index (χ4v) is 3.48. The Hall–Kier alpha value is -2.96. The second-order valence-corrected chi connectivity index (χ2v) is 7.10. The molecule has 3 rings (SSSR count). The fourth-order valence-electron chi connectivity index (χ4n) is 2.38. The Morgan fingerprint density at radius 1 is 0.923 bits per heavy atom. The molecule has 4 N–H and O–H groups in total. The molecule has 132 valence electrons. The Morgan fingerprint density at radius 2 is 1.58 bits per heavy atom. The van der Waals surface area contributed by atoms with Gasteiger partial charge in [-0.25, -0.2) is 4.79 Å². The second kappa shape index (κ2) is 8.42. The standard InChI is InChI=1S/C20H19N3O2S/c21-18-12-11-17(26(25)16-9-5-2-6-10-16)13-19(18)23-20(24)22-14-15-7-3-1-4-8-15/h1-13H,14,21H2,(H2,22,23,24). The number of anilines is 2. The molecule has 3 aromatic rings. The number of hydrogen-bond acceptors (Lipinski definition) is 3. The number of amides is 2. The Labute approximate surface area is 155 Å². The average molecular weight is 365 g/mol. The predicted molar refractivity (Wildman–Crippen MR) is 104 cm³/mol. The zero-order valence-corrected chi connectivity index (χ0v) is 14.8. The van der Waals surface area contributed by atoms with E-state index in [4.69, 9.17) is 5.73 Å². The summed E-state index contributed by atoms with van der Waals surface area (Å²) in [6, 6.07) is 23.3. The molecule has 0 aliphatic rings. The summed E-state index contributed by atoms with van der Waals surface area (Å²) in [5.74, 6) is 0. The lowest BCUT2D eigenvalue weighted by Crippen LogP contribution is -2.28. The first kappa shape index (κ1) is 17.8. The lowest BCUT2D eigenvalue weighted by molar-refractivity contribution is 0.251. The first-order valence-electron chi connectivity index (χ1n) is 8.08. The molecule has 0 radical (unpaired) electrons. The highest BCUT2D eigenvalue weighted by molar-refractivity contribution is 7.91. The number of nitrogens with two attached hydrogens (primary N) is 1. The van der Waals surface area contributed by atoms with E-state index >= 15 is 0 Å². The van der Waals surface area contributed by atoms with Crippen molar-refractivity contribution < 1.29 is 9.35 Å². The number of hydrogen-bond donors (Lipinski definition) is 3. The number of benzene rings is 3. The third-order valence-electron chi connectivity index (χ3n) is 3.74. The van der Waals surface area contributed by atoms with Crippen molar-refractivity contribution in [3.8, 4) is 0 Å². The smallest absolute Gasteiger partial charge is 0.319 e. The highest BCUT2D eigenvalue weighted by Crippen LogP contribution is 2.27. The van der Waals surface area contributed by atoms with E-state index in [-0.39, 0.29) is 6.03 Å². The molecule has 3 aromatic carbocycles. The predicted octanol–water partition coefficient (Wildman–Crippen LogP) is 3.76. The van der Waals surface area contributed by atoms with E-state index in [1.807, 2.05) is 48.5 Å². The molecule has 0 aliphatic heterocycles. The van der Waals surface area contributed by atoms with Crippen molar-refractivity contribution in [2.75, 3.05) is 11.1 Å². The summed E-state index contributed by atoms with van der Waals surface area (Å²) in [7, 11) is 0. The first-order chi connectivity index (χ1) is 12.6. The van der Waals surface area contributed by atoms with E-state index in [0.717, 1.165) is 5.56 Å². The Morgan fingerprint density at radius 3 is 2.27 bits per heavy atom. The van der Waals surface area contributed by atoms with Gasteiger partial charge in [-0.05, 0) is 29.8 Å². The number of urea groups is 1. The summed E-state index contributed by atoms with van der Waals surface area (Å²) >= 11 is -1.34. The van der Waals surface area contributed by atoms with Gasteiger partial charge in [0, 0.05) is 23.8 Å². The monoisotopic (exact) mass is 365 g/mol. The molecule has 0 bridgehead atoms. The Kier molecular flexibility index (Phi) is 5.78. The molecule has 0 saturated carbocycles. The largest absolute Gasteiger partial charge is 0.606 e. The number of nitrogen functional groups attached to an aromatic ring is 1. The third kappa shape index (κ3) is 4.56. The maximum absolute atomic E-state index is 12.6. The molecule has 1 unspecified atom stereocenters. The van der Waals surface area contributed by atoms with E-state index in [1.165, 1.54) is 0 Å². The maximum atomic E-state index is 12.6. The normalized spacial score (nSPS) is 11.6. The highest BCUT2D eigenvalue weighted by atomic mass is 32.2. The number of carbonyl (C=O) groups is 1. The van der Waals surface area contributed by atoms with Gasteiger partial charge in [0.15, 0.2) is 9.79 Å². The molecular weight excluding hydrogens is 346 g/mol. The molecule has 0 aromatic heterocycles. The summed E-state index contributed by atoms with van der Waals surface area (Å²) in [5, 5.41) is 5.49. The van der Waals surface area contributed by atoms with Gasteiger partial charge in [0.25, 0.3) is 0 Å². The Balaban J connectivity index is 1.68. The first-order valence-corrected chi connectivity index (χ1v) is 9.23. The van der Waals surface area contributed by atoms with Gasteiger partial charge in [-0.15, -0.1) is 0 Å². The molecule has 26 heavy (non-hydrogen) atoms. The minimum absolute atomic E-state index is 0.372. The maximum Gasteiger partial charge on any atom is 0.319 e. The SMILES string of the molecule is Nc1ccc([S+]([O-])c2ccccc2)cc1NC(=O)NCc1ccccc1. The second-order valence-electron chi connectivity index (χ2n) is 5.62. The minimum Gasteiger partial charge on any atom is -0.606 e. The van der Waals surface area contributed by atoms with Crippen molar-refractivity contribution in [3.05, 3.63) is 84.4 Å². The van der Waals surface area contributed by atoms with Crippen molar-refractivity contribution >= 4 is 28.6 Å². The molecule has 6 heteroatoms. The number of nitrogens with one attached hydrogen (secondary N) is 2. The van der Waals surface area contributed by atoms with Crippen LogP contribution in [0.4, 0.5) is 16.2 Å². The quantitative estimate of drug-likeness (QED) is 0.475. The van der Waals surface area contributed by atoms with Crippen LogP contribution in [0.25, 0.3) is 0 Å². The molecule has 0 spiro atoms. The summed E-state index contributed by atoms with van der Waals surface area (Å²) in [6.45, 7) is 0.405. The van der Waals surface area contributed by atoms with Crippen molar-refractivity contribution in [1.82, 2.24) is 5.32 Å². The zero-order chi connectivity index (χ0) is 18.4. The molecule has 0 saturated heterocycles. The van der Waals surface area contributed by atoms with Gasteiger partial charge in [0.2, 0.25) is 0 Å². The summed E-state index contributed by atoms with van der Waals surface area (Å²) < 4.78 is 12.6. The van der Waals surface area contributed by atoms with Gasteiger partial charge in [-0.1, -0.05) is 48.5 Å². The van der Waals surface area contributed by atoms with Crippen LogP contribution in [0.3, 0.4) is 0 Å². The lowest BCUT2D eigenvalue weighted by Gasteiger charge is -2.13. The van der Waals surface area contributed by atoms with E-state index in [2.05, 4.69) is 10.6 Å². The Bertz CT molecular complexity index is 873. The molecule has 0 heterocycles. The van der Waals surface area contributed by atoms with Crippen LogP contribution in [0.5, 0.6) is 0 Å². The van der Waals surface area contributed by atoms with Crippen LogP contribution in [-0.2, 0) is 17.7 Å². The van der Waals surface area contributed by atoms with Gasteiger partial charge in [0.1, 0.15) is 0 Å². The topological polar surface area (TPSA) is 90.2 Å². The van der Waals surface area contributed by atoms with Crippen LogP contribution in [0, 0.1) is 0 Å². The van der Waals surface area contributed by atoms with Crippen LogP contribution in [0.1, 0.15) is 5.56 Å². The molecule has 0 aliphatic carbocycles. The van der Waals surface area contributed by atoms with Crippen LogP contribution < -0.4 is 16.4 Å². The molecule has 5 nitrogen and oxygen atoms in total. The van der Waals surface area contributed by atoms with Gasteiger partial charge >= 0.3 is 6.03 Å². The van der Waals surface area contributed by atoms with Crippen molar-refractivity contribution in [2.45, 2.75) is 16.3 Å². The summed E-state index contributed by atoms with van der Waals surface area (Å²) in [5.41, 5.74) is 7.78. The summed E-state index contributed by atoms with van der Waals surface area (Å²) in [4.78, 5) is 13.4. The molecule has 2 amide bonds. The highest BCUT2D eigenvalue weighted by Gasteiger charge is 2.16. The average Bonchev–Trinajstić information content (AvgIpc) is 2.69. The van der Waals surface area contributed by atoms with Gasteiger partial charge < -0.3 is 20.9 Å². The third-order valence-corrected chi connectivity index (χ3v) is 5.12. The fraction of sp³-hybridized carbons (Fsp3) is 0.0500. The number of carbonyl (C=O) groups excluding carboxylic acids is 1. The van der Waals surface area contributed by atoms with Crippen molar-refractivity contribution in [2.24, 2.45) is 0 Å². The van der Waals surface area contributed by atoms with Gasteiger partial charge in [-0.3, -0.25) is 0 Å². The summed E-state index contributed by atoms with van der Waals surface area (Å²) in [6.07, 6.45) is 0. The van der Waals surface area contributed by atoms with Crippen LogP contribution >= 0.6 is 0 Å². The van der Waals surface area contributed by atoms with Gasteiger partial charge in [-0.2, -0.15) is 0 Å².